The number of aliphatic carboxylic acids is 1. The van der Waals surface area contributed by atoms with Crippen LogP contribution in [0.15, 0.2) is 24.0 Å². The van der Waals surface area contributed by atoms with E-state index in [1.54, 1.807) is 0 Å². The summed E-state index contributed by atoms with van der Waals surface area (Å²) in [5.41, 5.74) is 0.227. The van der Waals surface area contributed by atoms with Gasteiger partial charge in [-0.25, -0.2) is 19.4 Å². The molecule has 0 aliphatic heterocycles. The number of rotatable bonds is 13. The molecule has 0 saturated carbocycles. The fraction of sp³-hybridized carbons (Fsp3) is 0.625. The molecule has 0 fully saturated rings. The molecule has 0 amide bonds. The van der Waals surface area contributed by atoms with E-state index >= 15 is 0 Å². The topological polar surface area (TPSA) is 82.1 Å². The zero-order chi connectivity index (χ0) is 16.8. The van der Waals surface area contributed by atoms with Crippen LogP contribution in [0.4, 0.5) is 0 Å². The summed E-state index contributed by atoms with van der Waals surface area (Å²) in [4.78, 5) is 31.8. The SMILES string of the molecule is C=C(OC(=O)C(C)=CCOOCCCCCCCC)C(=O)O. The number of unbranched alkanes of at least 4 members (excludes halogenated alkanes) is 5. The van der Waals surface area contributed by atoms with Crippen molar-refractivity contribution < 1.29 is 29.2 Å². The number of carbonyl (C=O) groups is 2. The molecule has 0 radical (unpaired) electrons. The van der Waals surface area contributed by atoms with Gasteiger partial charge >= 0.3 is 11.9 Å². The maximum atomic E-state index is 11.4. The van der Waals surface area contributed by atoms with E-state index in [1.807, 2.05) is 0 Å². The minimum absolute atomic E-state index is 0.0936. The van der Waals surface area contributed by atoms with E-state index in [1.165, 1.54) is 38.7 Å². The lowest BCUT2D eigenvalue weighted by Crippen LogP contribution is -2.11. The third kappa shape index (κ3) is 11.0. The molecule has 22 heavy (non-hydrogen) atoms. The summed E-state index contributed by atoms with van der Waals surface area (Å²) in [6.45, 7) is 7.39. The summed E-state index contributed by atoms with van der Waals surface area (Å²) in [5.74, 6) is -2.76. The van der Waals surface area contributed by atoms with Gasteiger partial charge in [0.05, 0.1) is 6.61 Å². The first-order chi connectivity index (χ1) is 10.5. The van der Waals surface area contributed by atoms with Crippen LogP contribution in [0.2, 0.25) is 0 Å². The molecule has 0 aromatic heterocycles. The lowest BCUT2D eigenvalue weighted by Gasteiger charge is -2.04. The van der Waals surface area contributed by atoms with Gasteiger partial charge in [0.15, 0.2) is 0 Å². The van der Waals surface area contributed by atoms with Gasteiger partial charge < -0.3 is 9.84 Å². The van der Waals surface area contributed by atoms with E-state index in [-0.39, 0.29) is 12.2 Å². The Morgan fingerprint density at radius 1 is 1.09 bits per heavy atom. The van der Waals surface area contributed by atoms with Crippen LogP contribution in [0.3, 0.4) is 0 Å². The van der Waals surface area contributed by atoms with Gasteiger partial charge in [-0.1, -0.05) is 39.0 Å². The molecule has 0 aromatic carbocycles. The first-order valence-electron chi connectivity index (χ1n) is 7.54. The van der Waals surface area contributed by atoms with Crippen LogP contribution in [0.1, 0.15) is 52.4 Å². The second kappa shape index (κ2) is 13.0. The fourth-order valence-electron chi connectivity index (χ4n) is 1.53. The highest BCUT2D eigenvalue weighted by molar-refractivity contribution is 5.93. The van der Waals surface area contributed by atoms with Gasteiger partial charge in [-0.15, -0.1) is 0 Å². The standard InChI is InChI=1S/C16H26O6/c1-4-5-6-7-8-9-11-20-21-12-10-13(2)16(19)22-14(3)15(17)18/h10H,3-9,11-12H2,1-2H3,(H,17,18). The number of carboxylic acids is 1. The Kier molecular flexibility index (Phi) is 12.1. The molecule has 0 atom stereocenters. The van der Waals surface area contributed by atoms with Gasteiger partial charge in [0.2, 0.25) is 5.76 Å². The van der Waals surface area contributed by atoms with Gasteiger partial charge in [0.25, 0.3) is 0 Å². The zero-order valence-corrected chi connectivity index (χ0v) is 13.4. The van der Waals surface area contributed by atoms with Crippen LogP contribution in [0.5, 0.6) is 0 Å². The Morgan fingerprint density at radius 3 is 2.36 bits per heavy atom. The molecule has 6 nitrogen and oxygen atoms in total. The number of ether oxygens (including phenoxy) is 1. The average Bonchev–Trinajstić information content (AvgIpc) is 2.48. The van der Waals surface area contributed by atoms with Crippen LogP contribution >= 0.6 is 0 Å². The van der Waals surface area contributed by atoms with E-state index < -0.39 is 17.7 Å². The van der Waals surface area contributed by atoms with E-state index in [9.17, 15) is 9.59 Å². The normalized spacial score (nSPS) is 11.3. The van der Waals surface area contributed by atoms with E-state index in [4.69, 9.17) is 14.9 Å². The highest BCUT2D eigenvalue weighted by Crippen LogP contribution is 2.05. The van der Waals surface area contributed by atoms with Crippen molar-refractivity contribution in [1.29, 1.82) is 0 Å². The van der Waals surface area contributed by atoms with Crippen LogP contribution in [-0.2, 0) is 24.1 Å². The van der Waals surface area contributed by atoms with Crippen LogP contribution in [-0.4, -0.2) is 30.3 Å². The van der Waals surface area contributed by atoms with Crippen molar-refractivity contribution in [1.82, 2.24) is 0 Å². The molecule has 6 heteroatoms. The third-order valence-electron chi connectivity index (χ3n) is 2.90. The molecule has 0 aliphatic carbocycles. The molecule has 0 spiro atoms. The van der Waals surface area contributed by atoms with Crippen molar-refractivity contribution in [2.75, 3.05) is 13.2 Å². The van der Waals surface area contributed by atoms with Crippen LogP contribution in [0, 0.1) is 0 Å². The van der Waals surface area contributed by atoms with Crippen LogP contribution in [0.25, 0.3) is 0 Å². The van der Waals surface area contributed by atoms with Crippen molar-refractivity contribution >= 4 is 11.9 Å². The van der Waals surface area contributed by atoms with Gasteiger partial charge in [-0.05, 0) is 26.0 Å². The van der Waals surface area contributed by atoms with E-state index in [0.29, 0.717) is 6.61 Å². The lowest BCUT2D eigenvalue weighted by molar-refractivity contribution is -0.286. The Morgan fingerprint density at radius 2 is 1.73 bits per heavy atom. The largest absolute Gasteiger partial charge is 0.475 e. The summed E-state index contributed by atoms with van der Waals surface area (Å²) in [6, 6.07) is 0. The Bertz CT molecular complexity index is 386. The Labute approximate surface area is 131 Å². The van der Waals surface area contributed by atoms with Gasteiger partial charge in [-0.3, -0.25) is 0 Å². The summed E-state index contributed by atoms with van der Waals surface area (Å²) < 4.78 is 4.52. The number of esters is 1. The molecule has 0 saturated heterocycles. The Hall–Kier alpha value is -1.66. The average molecular weight is 314 g/mol. The molecule has 1 N–H and O–H groups in total. The highest BCUT2D eigenvalue weighted by atomic mass is 17.2. The molecule has 0 bridgehead atoms. The number of hydrogen-bond acceptors (Lipinski definition) is 5. The lowest BCUT2D eigenvalue weighted by atomic mass is 10.1. The van der Waals surface area contributed by atoms with Crippen molar-refractivity contribution in [2.45, 2.75) is 52.4 Å². The molecule has 0 aromatic rings. The highest BCUT2D eigenvalue weighted by Gasteiger charge is 2.12. The smallest absolute Gasteiger partial charge is 0.371 e. The predicted molar refractivity (Wildman–Crippen MR) is 81.9 cm³/mol. The minimum atomic E-state index is -1.38. The van der Waals surface area contributed by atoms with Crippen molar-refractivity contribution in [3.8, 4) is 0 Å². The third-order valence-corrected chi connectivity index (χ3v) is 2.90. The molecular formula is C16H26O6. The first kappa shape index (κ1) is 20.3. The molecule has 0 rings (SSSR count). The summed E-state index contributed by atoms with van der Waals surface area (Å²) >= 11 is 0. The summed E-state index contributed by atoms with van der Waals surface area (Å²) in [5, 5.41) is 8.54. The van der Waals surface area contributed by atoms with Gasteiger partial charge in [0.1, 0.15) is 6.61 Å². The van der Waals surface area contributed by atoms with Crippen molar-refractivity contribution in [3.63, 3.8) is 0 Å². The maximum Gasteiger partial charge on any atom is 0.371 e. The number of hydrogen-bond donors (Lipinski definition) is 1. The second-order valence-corrected chi connectivity index (χ2v) is 4.88. The van der Waals surface area contributed by atoms with Crippen LogP contribution < -0.4 is 0 Å². The number of carbonyl (C=O) groups excluding carboxylic acids is 1. The summed E-state index contributed by atoms with van der Waals surface area (Å²) in [7, 11) is 0. The Balaban J connectivity index is 3.65. The molecular weight excluding hydrogens is 288 g/mol. The van der Waals surface area contributed by atoms with Crippen molar-refractivity contribution in [2.24, 2.45) is 0 Å². The quantitative estimate of drug-likeness (QED) is 0.140. The van der Waals surface area contributed by atoms with E-state index in [2.05, 4.69) is 18.2 Å². The molecule has 0 heterocycles. The molecule has 0 unspecified atom stereocenters. The summed E-state index contributed by atoms with van der Waals surface area (Å²) in [6.07, 6.45) is 8.46. The zero-order valence-electron chi connectivity index (χ0n) is 13.4. The van der Waals surface area contributed by atoms with E-state index in [0.717, 1.165) is 12.8 Å². The minimum Gasteiger partial charge on any atom is -0.475 e. The van der Waals surface area contributed by atoms with Crippen molar-refractivity contribution in [3.05, 3.63) is 24.0 Å². The molecule has 0 aliphatic rings. The molecule has 126 valence electrons. The second-order valence-electron chi connectivity index (χ2n) is 4.88. The van der Waals surface area contributed by atoms with Gasteiger partial charge in [-0.2, -0.15) is 0 Å². The monoisotopic (exact) mass is 314 g/mol. The maximum absolute atomic E-state index is 11.4. The first-order valence-corrected chi connectivity index (χ1v) is 7.54. The van der Waals surface area contributed by atoms with Gasteiger partial charge in [0, 0.05) is 5.57 Å². The predicted octanol–water partition coefficient (Wildman–Crippen LogP) is 3.38. The fourth-order valence-corrected chi connectivity index (χ4v) is 1.53. The number of carboxylic acid groups (broad SMARTS) is 1.